The van der Waals surface area contributed by atoms with Crippen LogP contribution in [0.3, 0.4) is 0 Å². The lowest BCUT2D eigenvalue weighted by Crippen LogP contribution is -2.50. The van der Waals surface area contributed by atoms with Gasteiger partial charge in [-0.25, -0.2) is 0 Å². The van der Waals surface area contributed by atoms with E-state index in [9.17, 15) is 18.0 Å². The molecule has 10 heteroatoms. The normalized spacial score (nSPS) is 14.1. The number of carbonyl (C=O) groups excluding carboxylic acids is 1. The van der Waals surface area contributed by atoms with Gasteiger partial charge < -0.3 is 19.3 Å². The van der Waals surface area contributed by atoms with Gasteiger partial charge in [-0.15, -0.1) is 10.2 Å². The number of ether oxygens (including phenoxy) is 2. The molecule has 0 unspecified atom stereocenters. The summed E-state index contributed by atoms with van der Waals surface area (Å²) in [5.41, 5.74) is 0.728. The summed E-state index contributed by atoms with van der Waals surface area (Å²) in [7, 11) is 1.60. The summed E-state index contributed by atoms with van der Waals surface area (Å²) in [6.45, 7) is 1.67. The van der Waals surface area contributed by atoms with Gasteiger partial charge in [-0.2, -0.15) is 13.2 Å². The summed E-state index contributed by atoms with van der Waals surface area (Å²) < 4.78 is 49.2. The number of anilines is 1. The lowest BCUT2D eigenvalue weighted by atomic mass is 10.1. The topological polar surface area (TPSA) is 67.8 Å². The van der Waals surface area contributed by atoms with Crippen LogP contribution in [0.1, 0.15) is 5.56 Å². The highest BCUT2D eigenvalue weighted by molar-refractivity contribution is 5.78. The maximum Gasteiger partial charge on any atom is 0.416 e. The van der Waals surface area contributed by atoms with E-state index < -0.39 is 11.7 Å². The molecule has 0 saturated carbocycles. The molecule has 1 aromatic heterocycles. The number of nitrogens with zero attached hydrogens (tertiary/aromatic N) is 4. The number of piperazine rings is 1. The summed E-state index contributed by atoms with van der Waals surface area (Å²) >= 11 is 0. The van der Waals surface area contributed by atoms with Crippen LogP contribution in [0.5, 0.6) is 11.5 Å². The molecule has 34 heavy (non-hydrogen) atoms. The van der Waals surface area contributed by atoms with E-state index >= 15 is 0 Å². The van der Waals surface area contributed by atoms with Gasteiger partial charge in [0.15, 0.2) is 12.4 Å². The largest absolute Gasteiger partial charge is 0.496 e. The minimum atomic E-state index is -4.46. The highest BCUT2D eigenvalue weighted by Gasteiger charge is 2.30. The van der Waals surface area contributed by atoms with Gasteiger partial charge in [-0.1, -0.05) is 18.2 Å². The van der Waals surface area contributed by atoms with Crippen molar-refractivity contribution in [1.29, 1.82) is 0 Å². The predicted molar refractivity (Wildman–Crippen MR) is 120 cm³/mol. The molecule has 0 radical (unpaired) electrons. The lowest BCUT2D eigenvalue weighted by molar-refractivity contribution is -0.137. The molecule has 0 aliphatic carbocycles. The van der Waals surface area contributed by atoms with Crippen molar-refractivity contribution < 1.29 is 27.4 Å². The second-order valence-corrected chi connectivity index (χ2v) is 7.66. The summed E-state index contributed by atoms with van der Waals surface area (Å²) in [5, 5.41) is 8.65. The van der Waals surface area contributed by atoms with Gasteiger partial charge in [0, 0.05) is 31.7 Å². The van der Waals surface area contributed by atoms with Crippen molar-refractivity contribution in [3.8, 4) is 22.8 Å². The van der Waals surface area contributed by atoms with Crippen LogP contribution >= 0.6 is 0 Å². The molecule has 0 spiro atoms. The standard InChI is InChI=1S/C24H23F3N4O3/c1-33-21-8-3-2-7-19(21)20-9-10-22(29-28-20)30-11-13-31(14-12-30)23(32)16-34-18-6-4-5-17(15-18)24(25,26)27/h2-10,15H,11-14,16H2,1H3. The second kappa shape index (κ2) is 9.98. The first-order valence-corrected chi connectivity index (χ1v) is 10.6. The first-order chi connectivity index (χ1) is 16.3. The summed E-state index contributed by atoms with van der Waals surface area (Å²) in [6, 6.07) is 15.8. The van der Waals surface area contributed by atoms with Crippen molar-refractivity contribution in [1.82, 2.24) is 15.1 Å². The van der Waals surface area contributed by atoms with Gasteiger partial charge in [0.1, 0.15) is 11.5 Å². The number of alkyl halides is 3. The minimum Gasteiger partial charge on any atom is -0.496 e. The number of carbonyl (C=O) groups is 1. The average Bonchev–Trinajstić information content (AvgIpc) is 2.87. The zero-order chi connectivity index (χ0) is 24.1. The SMILES string of the molecule is COc1ccccc1-c1ccc(N2CCN(C(=O)COc3cccc(C(F)(F)F)c3)CC2)nn1. The quantitative estimate of drug-likeness (QED) is 0.542. The molecular formula is C24H23F3N4O3. The molecule has 1 fully saturated rings. The number of para-hydroxylation sites is 1. The summed E-state index contributed by atoms with van der Waals surface area (Å²) in [5.74, 6) is 1.14. The third-order valence-electron chi connectivity index (χ3n) is 5.51. The molecule has 1 aliphatic heterocycles. The van der Waals surface area contributed by atoms with Crippen LogP contribution in [0.4, 0.5) is 19.0 Å². The number of aromatic nitrogens is 2. The molecule has 7 nitrogen and oxygen atoms in total. The van der Waals surface area contributed by atoms with Crippen molar-refractivity contribution in [2.75, 3.05) is 44.8 Å². The van der Waals surface area contributed by atoms with Crippen LogP contribution in [-0.4, -0.2) is 60.9 Å². The Morgan fingerprint density at radius 3 is 2.41 bits per heavy atom. The lowest BCUT2D eigenvalue weighted by Gasteiger charge is -2.35. The van der Waals surface area contributed by atoms with Crippen LogP contribution in [0.15, 0.2) is 60.7 Å². The number of hydrogen-bond donors (Lipinski definition) is 0. The molecule has 1 amide bonds. The Kier molecular flexibility index (Phi) is 6.85. The van der Waals surface area contributed by atoms with Crippen molar-refractivity contribution in [3.63, 3.8) is 0 Å². The molecule has 178 valence electrons. The second-order valence-electron chi connectivity index (χ2n) is 7.66. The van der Waals surface area contributed by atoms with Gasteiger partial charge in [-0.3, -0.25) is 4.79 Å². The first-order valence-electron chi connectivity index (χ1n) is 10.6. The Labute approximate surface area is 194 Å². The fourth-order valence-corrected chi connectivity index (χ4v) is 3.68. The smallest absolute Gasteiger partial charge is 0.416 e. The van der Waals surface area contributed by atoms with Crippen molar-refractivity contribution in [3.05, 3.63) is 66.2 Å². The van der Waals surface area contributed by atoms with Crippen LogP contribution < -0.4 is 14.4 Å². The molecule has 0 atom stereocenters. The molecular weight excluding hydrogens is 449 g/mol. The maximum atomic E-state index is 12.8. The zero-order valence-electron chi connectivity index (χ0n) is 18.5. The monoisotopic (exact) mass is 472 g/mol. The average molecular weight is 472 g/mol. The Balaban J connectivity index is 1.30. The summed E-state index contributed by atoms with van der Waals surface area (Å²) in [6.07, 6.45) is -4.46. The number of methoxy groups -OCH3 is 1. The van der Waals surface area contributed by atoms with E-state index in [-0.39, 0.29) is 18.3 Å². The van der Waals surface area contributed by atoms with Gasteiger partial charge in [0.2, 0.25) is 0 Å². The van der Waals surface area contributed by atoms with Gasteiger partial charge >= 0.3 is 6.18 Å². The Morgan fingerprint density at radius 1 is 0.971 bits per heavy atom. The molecule has 0 bridgehead atoms. The molecule has 3 aromatic rings. The molecule has 2 heterocycles. The number of halogens is 3. The molecule has 1 saturated heterocycles. The summed E-state index contributed by atoms with van der Waals surface area (Å²) in [4.78, 5) is 16.1. The molecule has 0 N–H and O–H groups in total. The van der Waals surface area contributed by atoms with E-state index in [4.69, 9.17) is 9.47 Å². The van der Waals surface area contributed by atoms with E-state index in [1.807, 2.05) is 41.3 Å². The third-order valence-corrected chi connectivity index (χ3v) is 5.51. The first kappa shape index (κ1) is 23.3. The molecule has 2 aromatic carbocycles. The van der Waals surface area contributed by atoms with E-state index in [0.717, 1.165) is 17.7 Å². The molecule has 1 aliphatic rings. The Morgan fingerprint density at radius 2 is 1.74 bits per heavy atom. The van der Waals surface area contributed by atoms with E-state index in [1.54, 1.807) is 12.0 Å². The Hall–Kier alpha value is -3.82. The van der Waals surface area contributed by atoms with Crippen LogP contribution in [0.25, 0.3) is 11.3 Å². The predicted octanol–water partition coefficient (Wildman–Crippen LogP) is 3.90. The third kappa shape index (κ3) is 5.38. The maximum absolute atomic E-state index is 12.8. The number of rotatable bonds is 6. The fraction of sp³-hybridized carbons (Fsp3) is 0.292. The van der Waals surface area contributed by atoms with Gasteiger partial charge in [0.05, 0.1) is 18.4 Å². The van der Waals surface area contributed by atoms with Crippen LogP contribution in [-0.2, 0) is 11.0 Å². The highest BCUT2D eigenvalue weighted by atomic mass is 19.4. The molecule has 4 rings (SSSR count). The number of amides is 1. The van der Waals surface area contributed by atoms with E-state index in [0.29, 0.717) is 43.4 Å². The number of benzene rings is 2. The van der Waals surface area contributed by atoms with Gasteiger partial charge in [0.25, 0.3) is 5.91 Å². The van der Waals surface area contributed by atoms with Crippen LogP contribution in [0.2, 0.25) is 0 Å². The van der Waals surface area contributed by atoms with E-state index in [2.05, 4.69) is 10.2 Å². The van der Waals surface area contributed by atoms with E-state index in [1.165, 1.54) is 12.1 Å². The van der Waals surface area contributed by atoms with Crippen molar-refractivity contribution in [2.45, 2.75) is 6.18 Å². The fourth-order valence-electron chi connectivity index (χ4n) is 3.68. The zero-order valence-corrected chi connectivity index (χ0v) is 18.5. The Bertz CT molecular complexity index is 1130. The van der Waals surface area contributed by atoms with Crippen LogP contribution in [0, 0.1) is 0 Å². The highest BCUT2D eigenvalue weighted by Crippen LogP contribution is 2.31. The number of hydrogen-bond acceptors (Lipinski definition) is 6. The van der Waals surface area contributed by atoms with Gasteiger partial charge in [-0.05, 0) is 42.5 Å². The van der Waals surface area contributed by atoms with Crippen molar-refractivity contribution >= 4 is 11.7 Å². The minimum absolute atomic E-state index is 0.00669. The van der Waals surface area contributed by atoms with Crippen molar-refractivity contribution in [2.24, 2.45) is 0 Å².